The smallest absolute Gasteiger partial charge is 0.227 e. The van der Waals surface area contributed by atoms with Crippen LogP contribution in [0.5, 0.6) is 5.75 Å². The summed E-state index contributed by atoms with van der Waals surface area (Å²) in [6, 6.07) is 35.3. The second-order valence-electron chi connectivity index (χ2n) is 10.3. The minimum absolute atomic E-state index is 0.0218. The Labute approximate surface area is 235 Å². The molecule has 0 bridgehead atoms. The summed E-state index contributed by atoms with van der Waals surface area (Å²) in [5, 5.41) is 3.60. The van der Waals surface area contributed by atoms with Gasteiger partial charge in [-0.3, -0.25) is 14.5 Å². The highest BCUT2D eigenvalue weighted by molar-refractivity contribution is 6.06. The maximum absolute atomic E-state index is 14.2. The molecule has 6 rings (SSSR count). The molecule has 0 fully saturated rings. The van der Waals surface area contributed by atoms with Crippen LogP contribution in [0.15, 0.2) is 120 Å². The van der Waals surface area contributed by atoms with E-state index in [-0.39, 0.29) is 17.6 Å². The van der Waals surface area contributed by atoms with Crippen LogP contribution in [0.1, 0.15) is 54.8 Å². The fourth-order valence-electron chi connectivity index (χ4n) is 5.89. The van der Waals surface area contributed by atoms with E-state index in [1.807, 2.05) is 115 Å². The molecule has 1 heterocycles. The molecule has 40 heavy (non-hydrogen) atoms. The van der Waals surface area contributed by atoms with Crippen LogP contribution in [-0.2, 0) is 16.2 Å². The van der Waals surface area contributed by atoms with Crippen LogP contribution in [0.2, 0.25) is 0 Å². The van der Waals surface area contributed by atoms with E-state index in [1.165, 1.54) is 0 Å². The van der Waals surface area contributed by atoms with Gasteiger partial charge in [-0.05, 0) is 41.3 Å². The van der Waals surface area contributed by atoms with Gasteiger partial charge in [-0.15, -0.1) is 0 Å². The van der Waals surface area contributed by atoms with E-state index in [0.717, 1.165) is 39.5 Å². The number of benzene rings is 4. The lowest BCUT2D eigenvalue weighted by Crippen LogP contribution is -2.38. The van der Waals surface area contributed by atoms with Gasteiger partial charge in [-0.25, -0.2) is 0 Å². The first kappa shape index (κ1) is 25.6. The summed E-state index contributed by atoms with van der Waals surface area (Å²) in [5.74, 6) is 0.769. The highest BCUT2D eigenvalue weighted by Crippen LogP contribution is 2.48. The van der Waals surface area contributed by atoms with Gasteiger partial charge in [0.2, 0.25) is 5.91 Å². The summed E-state index contributed by atoms with van der Waals surface area (Å²) in [5.41, 5.74) is 6.19. The number of ether oxygens (including phenoxy) is 1. The Morgan fingerprint density at radius 1 is 0.850 bits per heavy atom. The van der Waals surface area contributed by atoms with Crippen LogP contribution in [0.25, 0.3) is 0 Å². The first-order chi connectivity index (χ1) is 19.6. The SMILES string of the molecule is CCC(=O)N1c2ccccc2NC2=C(C(=O)C[C@H](c3ccccc3OCc3ccccc3)C2)[C@H]1c1ccccc1. The average Bonchev–Trinajstić information content (AvgIpc) is 3.15. The second kappa shape index (κ2) is 11.2. The Kier molecular flexibility index (Phi) is 7.19. The van der Waals surface area contributed by atoms with Gasteiger partial charge in [0.15, 0.2) is 5.78 Å². The molecule has 0 spiro atoms. The summed E-state index contributed by atoms with van der Waals surface area (Å²) in [6.45, 7) is 2.33. The molecule has 4 aromatic rings. The van der Waals surface area contributed by atoms with Crippen molar-refractivity contribution in [3.63, 3.8) is 0 Å². The molecule has 0 saturated carbocycles. The third-order valence-electron chi connectivity index (χ3n) is 7.77. The minimum atomic E-state index is -0.502. The van der Waals surface area contributed by atoms with Crippen LogP contribution in [0.4, 0.5) is 11.4 Å². The number of ketones is 1. The van der Waals surface area contributed by atoms with Gasteiger partial charge in [-0.1, -0.05) is 97.9 Å². The van der Waals surface area contributed by atoms with Crippen molar-refractivity contribution in [2.75, 3.05) is 10.2 Å². The van der Waals surface area contributed by atoms with Gasteiger partial charge in [-0.2, -0.15) is 0 Å². The lowest BCUT2D eigenvalue weighted by atomic mass is 9.78. The first-order valence-electron chi connectivity index (χ1n) is 13.9. The predicted octanol–water partition coefficient (Wildman–Crippen LogP) is 7.58. The maximum Gasteiger partial charge on any atom is 0.227 e. The van der Waals surface area contributed by atoms with Crippen molar-refractivity contribution < 1.29 is 14.3 Å². The summed E-state index contributed by atoms with van der Waals surface area (Å²) in [6.07, 6.45) is 1.32. The topological polar surface area (TPSA) is 58.6 Å². The number of para-hydroxylation sites is 3. The molecule has 1 aliphatic carbocycles. The number of hydrogen-bond acceptors (Lipinski definition) is 4. The molecule has 2 aliphatic rings. The summed E-state index contributed by atoms with van der Waals surface area (Å²) >= 11 is 0. The van der Waals surface area contributed by atoms with Crippen molar-refractivity contribution in [2.45, 2.75) is 44.8 Å². The number of fused-ring (bicyclic) bond motifs is 1. The van der Waals surface area contributed by atoms with Crippen molar-refractivity contribution in [2.24, 2.45) is 0 Å². The zero-order chi connectivity index (χ0) is 27.5. The third kappa shape index (κ3) is 4.91. The first-order valence-corrected chi connectivity index (χ1v) is 13.9. The largest absolute Gasteiger partial charge is 0.489 e. The Hall–Kier alpha value is -4.64. The molecule has 200 valence electrons. The van der Waals surface area contributed by atoms with Crippen LogP contribution in [0.3, 0.4) is 0 Å². The molecule has 0 saturated heterocycles. The van der Waals surface area contributed by atoms with Crippen LogP contribution in [0, 0.1) is 0 Å². The molecule has 5 nitrogen and oxygen atoms in total. The number of hydrogen-bond donors (Lipinski definition) is 1. The number of nitrogens with one attached hydrogen (secondary N) is 1. The van der Waals surface area contributed by atoms with E-state index >= 15 is 0 Å². The fourth-order valence-corrected chi connectivity index (χ4v) is 5.89. The van der Waals surface area contributed by atoms with Gasteiger partial charge in [0, 0.05) is 30.0 Å². The molecule has 1 amide bonds. The van der Waals surface area contributed by atoms with E-state index < -0.39 is 6.04 Å². The summed E-state index contributed by atoms with van der Waals surface area (Å²) in [4.78, 5) is 29.5. The van der Waals surface area contributed by atoms with Crippen LogP contribution >= 0.6 is 0 Å². The van der Waals surface area contributed by atoms with Crippen LogP contribution in [-0.4, -0.2) is 11.7 Å². The van der Waals surface area contributed by atoms with Gasteiger partial charge in [0.1, 0.15) is 12.4 Å². The van der Waals surface area contributed by atoms with E-state index in [0.29, 0.717) is 31.4 Å². The van der Waals surface area contributed by atoms with E-state index in [1.54, 1.807) is 0 Å². The van der Waals surface area contributed by atoms with Gasteiger partial charge < -0.3 is 10.1 Å². The number of rotatable bonds is 6. The highest BCUT2D eigenvalue weighted by Gasteiger charge is 2.41. The lowest BCUT2D eigenvalue weighted by Gasteiger charge is -2.35. The average molecular weight is 529 g/mol. The van der Waals surface area contributed by atoms with E-state index in [4.69, 9.17) is 4.74 Å². The van der Waals surface area contributed by atoms with Gasteiger partial charge in [0.25, 0.3) is 0 Å². The molecule has 1 aliphatic heterocycles. The second-order valence-corrected chi connectivity index (χ2v) is 10.3. The summed E-state index contributed by atoms with van der Waals surface area (Å²) < 4.78 is 6.28. The molecule has 1 N–H and O–H groups in total. The summed E-state index contributed by atoms with van der Waals surface area (Å²) in [7, 11) is 0. The van der Waals surface area contributed by atoms with Gasteiger partial charge in [0.05, 0.1) is 17.4 Å². The van der Waals surface area contributed by atoms with E-state index in [9.17, 15) is 9.59 Å². The number of allylic oxidation sites excluding steroid dienone is 1. The zero-order valence-electron chi connectivity index (χ0n) is 22.5. The number of amides is 1. The third-order valence-corrected chi connectivity index (χ3v) is 7.77. The van der Waals surface area contributed by atoms with Crippen molar-refractivity contribution in [1.29, 1.82) is 0 Å². The molecular weight excluding hydrogens is 496 g/mol. The predicted molar refractivity (Wildman–Crippen MR) is 158 cm³/mol. The van der Waals surface area contributed by atoms with Gasteiger partial charge >= 0.3 is 0 Å². The molecular formula is C35H32N2O3. The van der Waals surface area contributed by atoms with Crippen molar-refractivity contribution in [3.05, 3.63) is 137 Å². The van der Waals surface area contributed by atoms with Crippen LogP contribution < -0.4 is 15.0 Å². The normalized spacial score (nSPS) is 18.3. The minimum Gasteiger partial charge on any atom is -0.489 e. The van der Waals surface area contributed by atoms with E-state index in [2.05, 4.69) is 11.4 Å². The maximum atomic E-state index is 14.2. The molecule has 5 heteroatoms. The Morgan fingerprint density at radius 3 is 2.30 bits per heavy atom. The number of carbonyl (C=O) groups excluding carboxylic acids is 2. The Bertz CT molecular complexity index is 1560. The monoisotopic (exact) mass is 528 g/mol. The highest BCUT2D eigenvalue weighted by atomic mass is 16.5. The number of Topliss-reactive ketones (excluding diaryl/α,β-unsaturated/α-hetero) is 1. The number of anilines is 2. The van der Waals surface area contributed by atoms with Crippen molar-refractivity contribution in [3.8, 4) is 5.75 Å². The molecule has 2 atom stereocenters. The quantitative estimate of drug-likeness (QED) is 0.280. The number of carbonyl (C=O) groups is 2. The fraction of sp³-hybridized carbons (Fsp3) is 0.200. The van der Waals surface area contributed by atoms with Crippen molar-refractivity contribution in [1.82, 2.24) is 0 Å². The number of nitrogens with zero attached hydrogens (tertiary/aromatic N) is 1. The Balaban J connectivity index is 1.42. The molecule has 0 aromatic heterocycles. The Morgan fingerprint density at radius 2 is 1.52 bits per heavy atom. The zero-order valence-corrected chi connectivity index (χ0v) is 22.5. The standard InChI is InChI=1S/C35H32N2O3/c1-2-33(39)37-30-19-11-10-18-28(30)36-29-21-26(22-31(38)34(29)35(37)25-15-7-4-8-16-25)27-17-9-12-20-32(27)40-23-24-13-5-3-6-14-24/h3-20,26,35-36H,2,21-23H2,1H3/t26-,35-/m1/s1. The lowest BCUT2D eigenvalue weighted by molar-refractivity contribution is -0.119. The molecule has 4 aromatic carbocycles. The van der Waals surface area contributed by atoms with Crippen molar-refractivity contribution >= 4 is 23.1 Å². The molecule has 0 radical (unpaired) electrons. The molecule has 0 unspecified atom stereocenters.